The van der Waals surface area contributed by atoms with Gasteiger partial charge in [-0.3, -0.25) is 19.2 Å². The lowest BCUT2D eigenvalue weighted by molar-refractivity contribution is -0.145. The van der Waals surface area contributed by atoms with Gasteiger partial charge in [-0.15, -0.1) is 0 Å². The number of carbonyl (C=O) groups excluding carboxylic acids is 4. The zero-order valence-corrected chi connectivity index (χ0v) is 22.6. The van der Waals surface area contributed by atoms with E-state index >= 15 is 0 Å². The predicted molar refractivity (Wildman–Crippen MR) is 147 cm³/mol. The van der Waals surface area contributed by atoms with Crippen LogP contribution in [0.25, 0.3) is 10.9 Å². The lowest BCUT2D eigenvalue weighted by Gasteiger charge is -2.25. The van der Waals surface area contributed by atoms with Crippen LogP contribution >= 0.6 is 11.8 Å². The third kappa shape index (κ3) is 9.57. The van der Waals surface area contributed by atoms with Gasteiger partial charge in [-0.25, -0.2) is 4.79 Å². The van der Waals surface area contributed by atoms with E-state index in [0.717, 1.165) is 10.9 Å². The van der Waals surface area contributed by atoms with Crippen molar-refractivity contribution in [2.75, 3.05) is 12.0 Å². The van der Waals surface area contributed by atoms with Crippen LogP contribution in [0.1, 0.15) is 31.7 Å². The highest BCUT2D eigenvalue weighted by atomic mass is 32.2. The number of nitrogens with two attached hydrogens (primary N) is 2. The molecule has 4 amide bonds. The Bertz CT molecular complexity index is 1170. The fourth-order valence-corrected chi connectivity index (χ4v) is 4.34. The van der Waals surface area contributed by atoms with E-state index in [1.165, 1.54) is 18.7 Å². The van der Waals surface area contributed by atoms with Crippen molar-refractivity contribution in [3.05, 3.63) is 36.0 Å². The van der Waals surface area contributed by atoms with Crippen LogP contribution in [0.4, 0.5) is 0 Å². The molecule has 214 valence electrons. The molecule has 5 unspecified atom stereocenters. The summed E-state index contributed by atoms with van der Waals surface area (Å²) in [7, 11) is 0. The maximum atomic E-state index is 13.3. The number of aromatic nitrogens is 1. The SMILES string of the molecule is CSCCC(N)C(=O)NC(CCC(N)=O)C(=O)NC(Cc1c[nH]c2ccccc12)C(=O)NC(C(=O)O)C(C)O. The molecule has 13 nitrogen and oxygen atoms in total. The number of thioether (sulfide) groups is 1. The average molecular weight is 565 g/mol. The number of fused-ring (bicyclic) bond motifs is 1. The van der Waals surface area contributed by atoms with Crippen molar-refractivity contribution in [3.8, 4) is 0 Å². The standard InChI is InChI=1S/C25H36N6O7S/c1-13(32)21(25(37)38)31-24(36)19(11-14-12-28-17-6-4-3-5-15(14)17)30-23(35)18(7-8-20(27)33)29-22(34)16(26)9-10-39-2/h3-6,12-13,16,18-19,21,28,32H,7-11,26H2,1-2H3,(H2,27,33)(H,29,34)(H,30,35)(H,31,36)(H,37,38). The van der Waals surface area contributed by atoms with E-state index in [0.29, 0.717) is 17.7 Å². The fraction of sp³-hybridized carbons (Fsp3) is 0.480. The molecule has 0 aliphatic carbocycles. The molecule has 0 radical (unpaired) electrons. The molecule has 1 heterocycles. The minimum absolute atomic E-state index is 0.0442. The van der Waals surface area contributed by atoms with Gasteiger partial charge in [-0.1, -0.05) is 18.2 Å². The van der Waals surface area contributed by atoms with Gasteiger partial charge >= 0.3 is 5.97 Å². The smallest absolute Gasteiger partial charge is 0.328 e. The second-order valence-corrected chi connectivity index (χ2v) is 10.1. The number of aliphatic hydroxyl groups excluding tert-OH is 1. The highest BCUT2D eigenvalue weighted by Gasteiger charge is 2.32. The van der Waals surface area contributed by atoms with Crippen LogP contribution in [0.5, 0.6) is 0 Å². The van der Waals surface area contributed by atoms with Crippen molar-refractivity contribution in [2.45, 2.75) is 62.9 Å². The largest absolute Gasteiger partial charge is 0.480 e. The number of carboxylic acids is 1. The minimum atomic E-state index is -1.63. The van der Waals surface area contributed by atoms with Crippen LogP contribution in [-0.2, 0) is 30.4 Å². The number of primary amides is 1. The summed E-state index contributed by atoms with van der Waals surface area (Å²) in [4.78, 5) is 65.2. The number of aromatic amines is 1. The lowest BCUT2D eigenvalue weighted by Crippen LogP contribution is -2.58. The molecule has 2 aromatic rings. The molecule has 0 aliphatic rings. The van der Waals surface area contributed by atoms with Crippen LogP contribution in [0.2, 0.25) is 0 Å². The minimum Gasteiger partial charge on any atom is -0.480 e. The first-order chi connectivity index (χ1) is 18.4. The summed E-state index contributed by atoms with van der Waals surface area (Å²) in [5.41, 5.74) is 12.6. The first-order valence-corrected chi connectivity index (χ1v) is 13.7. The molecule has 0 saturated carbocycles. The number of aliphatic hydroxyl groups is 1. The van der Waals surface area contributed by atoms with Crippen LogP contribution < -0.4 is 27.4 Å². The van der Waals surface area contributed by atoms with E-state index in [2.05, 4.69) is 20.9 Å². The average Bonchev–Trinajstić information content (AvgIpc) is 3.29. The molecule has 0 fully saturated rings. The Hall–Kier alpha value is -3.62. The Balaban J connectivity index is 2.32. The normalized spacial score (nSPS) is 15.0. The maximum Gasteiger partial charge on any atom is 0.328 e. The molecule has 1 aromatic carbocycles. The van der Waals surface area contributed by atoms with Crippen molar-refractivity contribution in [1.29, 1.82) is 0 Å². The van der Waals surface area contributed by atoms with E-state index in [4.69, 9.17) is 11.5 Å². The van der Waals surface area contributed by atoms with Gasteiger partial charge in [0, 0.05) is 29.9 Å². The van der Waals surface area contributed by atoms with Crippen molar-refractivity contribution in [3.63, 3.8) is 0 Å². The Morgan fingerprint density at radius 1 is 1.00 bits per heavy atom. The van der Waals surface area contributed by atoms with Crippen LogP contribution in [0.3, 0.4) is 0 Å². The molecular weight excluding hydrogens is 528 g/mol. The second-order valence-electron chi connectivity index (χ2n) is 9.14. The quantitative estimate of drug-likeness (QED) is 0.124. The molecular formula is C25H36N6O7S. The molecule has 5 atom stereocenters. The number of benzene rings is 1. The van der Waals surface area contributed by atoms with Gasteiger partial charge in [0.05, 0.1) is 12.1 Å². The zero-order valence-electron chi connectivity index (χ0n) is 21.8. The van der Waals surface area contributed by atoms with Crippen molar-refractivity contribution >= 4 is 52.3 Å². The molecule has 0 aliphatic heterocycles. The van der Waals surface area contributed by atoms with Crippen LogP contribution in [0.15, 0.2) is 30.5 Å². The molecule has 0 bridgehead atoms. The third-order valence-electron chi connectivity index (χ3n) is 6.06. The van der Waals surface area contributed by atoms with Crippen molar-refractivity contribution < 1.29 is 34.2 Å². The summed E-state index contributed by atoms with van der Waals surface area (Å²) >= 11 is 1.50. The second kappa shape index (κ2) is 15.1. The number of carbonyl (C=O) groups is 5. The number of aliphatic carboxylic acids is 1. The number of nitrogens with one attached hydrogen (secondary N) is 4. The van der Waals surface area contributed by atoms with Gasteiger partial charge in [-0.05, 0) is 43.4 Å². The lowest BCUT2D eigenvalue weighted by atomic mass is 10.0. The highest BCUT2D eigenvalue weighted by molar-refractivity contribution is 7.98. The van der Waals surface area contributed by atoms with E-state index in [9.17, 15) is 34.2 Å². The number of H-pyrrole nitrogens is 1. The Morgan fingerprint density at radius 3 is 2.26 bits per heavy atom. The number of rotatable bonds is 16. The molecule has 1 aromatic heterocycles. The summed E-state index contributed by atoms with van der Waals surface area (Å²) in [6.07, 6.45) is 2.06. The maximum absolute atomic E-state index is 13.3. The van der Waals surface area contributed by atoms with Gasteiger partial charge in [0.2, 0.25) is 23.6 Å². The number of hydrogen-bond donors (Lipinski definition) is 8. The molecule has 39 heavy (non-hydrogen) atoms. The van der Waals surface area contributed by atoms with Crippen LogP contribution in [-0.4, -0.2) is 87.1 Å². The van der Waals surface area contributed by atoms with Crippen molar-refractivity contribution in [1.82, 2.24) is 20.9 Å². The van der Waals surface area contributed by atoms with Gasteiger partial charge in [0.25, 0.3) is 0 Å². The van der Waals surface area contributed by atoms with E-state index in [-0.39, 0.29) is 19.3 Å². The van der Waals surface area contributed by atoms with Gasteiger partial charge in [0.1, 0.15) is 12.1 Å². The van der Waals surface area contributed by atoms with Crippen molar-refractivity contribution in [2.24, 2.45) is 11.5 Å². The third-order valence-corrected chi connectivity index (χ3v) is 6.70. The Labute approximate surface area is 229 Å². The zero-order chi connectivity index (χ0) is 29.1. The number of hydrogen-bond acceptors (Lipinski definition) is 8. The van der Waals surface area contributed by atoms with Gasteiger partial charge < -0.3 is 42.6 Å². The topological polar surface area (TPSA) is 230 Å². The Morgan fingerprint density at radius 2 is 1.64 bits per heavy atom. The number of carboxylic acid groups (broad SMARTS) is 1. The van der Waals surface area contributed by atoms with E-state index < -0.39 is 59.9 Å². The van der Waals surface area contributed by atoms with E-state index in [1.807, 2.05) is 24.5 Å². The number of amides is 4. The molecule has 0 saturated heterocycles. The fourth-order valence-electron chi connectivity index (χ4n) is 3.85. The molecule has 2 rings (SSSR count). The van der Waals surface area contributed by atoms with Crippen LogP contribution in [0, 0.1) is 0 Å². The first-order valence-electron chi connectivity index (χ1n) is 12.3. The summed E-state index contributed by atoms with van der Waals surface area (Å²) < 4.78 is 0. The predicted octanol–water partition coefficient (Wildman–Crippen LogP) is -1.02. The molecule has 10 N–H and O–H groups in total. The summed E-state index contributed by atoms with van der Waals surface area (Å²) in [6, 6.07) is 2.22. The summed E-state index contributed by atoms with van der Waals surface area (Å²) in [5.74, 6) is -3.78. The first kappa shape index (κ1) is 31.6. The monoisotopic (exact) mass is 564 g/mol. The van der Waals surface area contributed by atoms with Gasteiger partial charge in [-0.2, -0.15) is 11.8 Å². The number of para-hydroxylation sites is 1. The molecule has 14 heteroatoms. The summed E-state index contributed by atoms with van der Waals surface area (Å²) in [5, 5.41) is 27.4. The Kier molecular flexibility index (Phi) is 12.2. The highest BCUT2D eigenvalue weighted by Crippen LogP contribution is 2.19. The molecule has 0 spiro atoms. The van der Waals surface area contributed by atoms with E-state index in [1.54, 1.807) is 12.3 Å². The summed E-state index contributed by atoms with van der Waals surface area (Å²) in [6.45, 7) is 1.21. The van der Waals surface area contributed by atoms with Gasteiger partial charge in [0.15, 0.2) is 6.04 Å².